The highest BCUT2D eigenvalue weighted by Crippen LogP contribution is 2.63. The molecule has 28 heavy (non-hydrogen) atoms. The van der Waals surface area contributed by atoms with E-state index in [2.05, 4.69) is 0 Å². The van der Waals surface area contributed by atoms with Crippen molar-refractivity contribution >= 4 is 23.9 Å². The first kappa shape index (κ1) is 20.6. The van der Waals surface area contributed by atoms with E-state index < -0.39 is 48.9 Å². The SMILES string of the molecule is CCOC(=O)COC(=O)C1C2CC(C3CCCC32)C1C(=O)OCC(=O)OCC. The van der Waals surface area contributed by atoms with Gasteiger partial charge in [0.25, 0.3) is 0 Å². The van der Waals surface area contributed by atoms with Gasteiger partial charge < -0.3 is 18.9 Å². The maximum atomic E-state index is 12.8. The Morgan fingerprint density at radius 2 is 1.11 bits per heavy atom. The van der Waals surface area contributed by atoms with Crippen LogP contribution in [-0.4, -0.2) is 50.3 Å². The van der Waals surface area contributed by atoms with Crippen molar-refractivity contribution in [3.8, 4) is 0 Å². The number of esters is 4. The van der Waals surface area contributed by atoms with Crippen molar-refractivity contribution in [3.63, 3.8) is 0 Å². The van der Waals surface area contributed by atoms with Crippen LogP contribution in [-0.2, 0) is 38.1 Å². The molecule has 8 heteroatoms. The highest BCUT2D eigenvalue weighted by Gasteiger charge is 2.63. The van der Waals surface area contributed by atoms with Crippen molar-refractivity contribution in [3.05, 3.63) is 0 Å². The quantitative estimate of drug-likeness (QED) is 0.449. The minimum atomic E-state index is -0.631. The van der Waals surface area contributed by atoms with E-state index in [9.17, 15) is 19.2 Å². The number of fused-ring (bicyclic) bond motifs is 5. The third-order valence-electron chi connectivity index (χ3n) is 6.40. The van der Waals surface area contributed by atoms with Crippen LogP contribution in [0.2, 0.25) is 0 Å². The minimum Gasteiger partial charge on any atom is -0.463 e. The highest BCUT2D eigenvalue weighted by atomic mass is 16.6. The molecular weight excluding hydrogens is 368 g/mol. The second-order valence-corrected chi connectivity index (χ2v) is 7.70. The molecule has 3 saturated carbocycles. The van der Waals surface area contributed by atoms with Crippen LogP contribution in [0.4, 0.5) is 0 Å². The van der Waals surface area contributed by atoms with Gasteiger partial charge in [-0.2, -0.15) is 0 Å². The molecular formula is C20H28O8. The van der Waals surface area contributed by atoms with E-state index >= 15 is 0 Å². The zero-order valence-corrected chi connectivity index (χ0v) is 16.4. The lowest BCUT2D eigenvalue weighted by molar-refractivity contribution is -0.172. The molecule has 6 atom stereocenters. The standard InChI is InChI=1S/C20H28O8/c1-3-25-15(21)9-27-19(23)17-13-8-14(12-7-5-6-11(12)13)18(17)20(24)28-10-16(22)26-4-2/h11-14,17-18H,3-10H2,1-2H3. The van der Waals surface area contributed by atoms with Crippen LogP contribution in [0.3, 0.4) is 0 Å². The highest BCUT2D eigenvalue weighted by molar-refractivity contribution is 5.86. The van der Waals surface area contributed by atoms with Crippen LogP contribution in [0.15, 0.2) is 0 Å². The molecule has 0 saturated heterocycles. The summed E-state index contributed by atoms with van der Waals surface area (Å²) in [5, 5.41) is 0. The fourth-order valence-corrected chi connectivity index (χ4v) is 5.60. The molecule has 0 aromatic carbocycles. The third-order valence-corrected chi connectivity index (χ3v) is 6.40. The molecule has 0 amide bonds. The Balaban J connectivity index is 1.68. The van der Waals surface area contributed by atoms with Crippen molar-refractivity contribution in [2.75, 3.05) is 26.4 Å². The lowest BCUT2D eigenvalue weighted by Gasteiger charge is -2.35. The van der Waals surface area contributed by atoms with E-state index in [0.29, 0.717) is 11.8 Å². The van der Waals surface area contributed by atoms with E-state index in [1.165, 1.54) is 0 Å². The number of ether oxygens (including phenoxy) is 4. The number of carbonyl (C=O) groups is 4. The van der Waals surface area contributed by atoms with E-state index in [1.54, 1.807) is 13.8 Å². The lowest BCUT2D eigenvalue weighted by atomic mass is 9.69. The second-order valence-electron chi connectivity index (χ2n) is 7.70. The van der Waals surface area contributed by atoms with Gasteiger partial charge in [-0.15, -0.1) is 0 Å². The monoisotopic (exact) mass is 396 g/mol. The van der Waals surface area contributed by atoms with Gasteiger partial charge >= 0.3 is 23.9 Å². The summed E-state index contributed by atoms with van der Waals surface area (Å²) in [6.07, 6.45) is 3.99. The Bertz CT molecular complexity index is 578. The molecule has 8 nitrogen and oxygen atoms in total. The van der Waals surface area contributed by atoms with Crippen LogP contribution in [0, 0.1) is 35.5 Å². The first-order chi connectivity index (χ1) is 13.5. The smallest absolute Gasteiger partial charge is 0.344 e. The maximum absolute atomic E-state index is 12.8. The molecule has 0 spiro atoms. The molecule has 3 aliphatic rings. The average molecular weight is 396 g/mol. The molecule has 0 aromatic heterocycles. The Kier molecular flexibility index (Phi) is 6.57. The predicted molar refractivity (Wildman–Crippen MR) is 94.6 cm³/mol. The fourth-order valence-electron chi connectivity index (χ4n) is 5.60. The van der Waals surface area contributed by atoms with Crippen molar-refractivity contribution < 1.29 is 38.1 Å². The van der Waals surface area contributed by atoms with Crippen LogP contribution in [0.25, 0.3) is 0 Å². The molecule has 0 N–H and O–H groups in total. The van der Waals surface area contributed by atoms with Gasteiger partial charge in [-0.25, -0.2) is 9.59 Å². The fraction of sp³-hybridized carbons (Fsp3) is 0.800. The van der Waals surface area contributed by atoms with Gasteiger partial charge in [-0.3, -0.25) is 9.59 Å². The largest absolute Gasteiger partial charge is 0.463 e. The van der Waals surface area contributed by atoms with Gasteiger partial charge in [0.1, 0.15) is 0 Å². The first-order valence-electron chi connectivity index (χ1n) is 10.1. The lowest BCUT2D eigenvalue weighted by Crippen LogP contribution is -2.43. The van der Waals surface area contributed by atoms with Crippen molar-refractivity contribution in [2.45, 2.75) is 39.5 Å². The molecule has 156 valence electrons. The molecule has 0 radical (unpaired) electrons. The van der Waals surface area contributed by atoms with Gasteiger partial charge in [0.2, 0.25) is 0 Å². The normalized spacial score (nSPS) is 32.5. The molecule has 0 aromatic rings. The zero-order chi connectivity index (χ0) is 20.3. The molecule has 3 rings (SSSR count). The molecule has 3 fully saturated rings. The van der Waals surface area contributed by atoms with Crippen LogP contribution in [0.1, 0.15) is 39.5 Å². The summed E-state index contributed by atoms with van der Waals surface area (Å²) < 4.78 is 19.9. The predicted octanol–water partition coefficient (Wildman–Crippen LogP) is 1.50. The van der Waals surface area contributed by atoms with Crippen molar-refractivity contribution in [1.82, 2.24) is 0 Å². The summed E-state index contributed by atoms with van der Waals surface area (Å²) >= 11 is 0. The van der Waals surface area contributed by atoms with Gasteiger partial charge in [-0.05, 0) is 56.8 Å². The van der Waals surface area contributed by atoms with Gasteiger partial charge in [-0.1, -0.05) is 6.42 Å². The van der Waals surface area contributed by atoms with E-state index in [1.807, 2.05) is 0 Å². The van der Waals surface area contributed by atoms with Gasteiger partial charge in [0.15, 0.2) is 13.2 Å². The van der Waals surface area contributed by atoms with Crippen LogP contribution < -0.4 is 0 Å². The average Bonchev–Trinajstić information content (AvgIpc) is 3.36. The number of carbonyl (C=O) groups excluding carboxylic acids is 4. The van der Waals surface area contributed by atoms with Crippen LogP contribution in [0.5, 0.6) is 0 Å². The Labute approximate surface area is 164 Å². The number of rotatable bonds is 8. The molecule has 3 aliphatic carbocycles. The Morgan fingerprint density at radius 3 is 1.50 bits per heavy atom. The third kappa shape index (κ3) is 4.00. The molecule has 6 unspecified atom stereocenters. The Hall–Kier alpha value is -2.12. The summed E-state index contributed by atoms with van der Waals surface area (Å²) in [4.78, 5) is 48.6. The van der Waals surface area contributed by atoms with Gasteiger partial charge in [0, 0.05) is 0 Å². The number of hydrogen-bond donors (Lipinski definition) is 0. The summed E-state index contributed by atoms with van der Waals surface area (Å²) in [6, 6.07) is 0. The van der Waals surface area contributed by atoms with E-state index in [0.717, 1.165) is 25.7 Å². The van der Waals surface area contributed by atoms with Gasteiger partial charge in [0.05, 0.1) is 25.0 Å². The second kappa shape index (κ2) is 8.92. The summed E-state index contributed by atoms with van der Waals surface area (Å²) in [5.41, 5.74) is 0. The van der Waals surface area contributed by atoms with Crippen LogP contribution >= 0.6 is 0 Å². The van der Waals surface area contributed by atoms with E-state index in [-0.39, 0.29) is 25.0 Å². The zero-order valence-electron chi connectivity index (χ0n) is 16.4. The summed E-state index contributed by atoms with van der Waals surface area (Å²) in [7, 11) is 0. The number of hydrogen-bond acceptors (Lipinski definition) is 8. The minimum absolute atomic E-state index is 0.0624. The Morgan fingerprint density at radius 1 is 0.679 bits per heavy atom. The molecule has 2 bridgehead atoms. The first-order valence-corrected chi connectivity index (χ1v) is 10.1. The molecule has 0 heterocycles. The van der Waals surface area contributed by atoms with E-state index in [4.69, 9.17) is 18.9 Å². The molecule has 0 aliphatic heterocycles. The summed E-state index contributed by atoms with van der Waals surface area (Å²) in [5.74, 6) is -2.63. The van der Waals surface area contributed by atoms with Crippen molar-refractivity contribution in [2.24, 2.45) is 35.5 Å². The van der Waals surface area contributed by atoms with Crippen molar-refractivity contribution in [1.29, 1.82) is 0 Å². The summed E-state index contributed by atoms with van der Waals surface area (Å²) in [6.45, 7) is 2.84. The topological polar surface area (TPSA) is 105 Å². The maximum Gasteiger partial charge on any atom is 0.344 e.